The summed E-state index contributed by atoms with van der Waals surface area (Å²) in [5, 5.41) is 11.1. The molecule has 0 saturated heterocycles. The number of carbonyl (C=O) groups excluding carboxylic acids is 1. The SMILES string of the molecule is CN1C(=O)C(C)(C)COc2ccc(NS(=O)(=O)c3ccccc3[N+](=O)[O-])cc21. The summed E-state index contributed by atoms with van der Waals surface area (Å²) in [6, 6.07) is 9.56. The van der Waals surface area contributed by atoms with Gasteiger partial charge in [-0.05, 0) is 38.1 Å². The van der Waals surface area contributed by atoms with Gasteiger partial charge in [0.1, 0.15) is 12.4 Å². The number of para-hydroxylation sites is 1. The average molecular weight is 405 g/mol. The van der Waals surface area contributed by atoms with Gasteiger partial charge in [0.2, 0.25) is 5.91 Å². The number of hydrogen-bond donors (Lipinski definition) is 1. The minimum atomic E-state index is -4.21. The maximum absolute atomic E-state index is 12.7. The molecule has 0 saturated carbocycles. The highest BCUT2D eigenvalue weighted by Crippen LogP contribution is 2.38. The van der Waals surface area contributed by atoms with Crippen LogP contribution in [0.25, 0.3) is 0 Å². The largest absolute Gasteiger partial charge is 0.490 e. The zero-order chi connectivity index (χ0) is 20.7. The fourth-order valence-electron chi connectivity index (χ4n) is 2.89. The molecule has 1 amide bonds. The molecular weight excluding hydrogens is 386 g/mol. The molecule has 1 aliphatic rings. The molecule has 28 heavy (non-hydrogen) atoms. The van der Waals surface area contributed by atoms with Gasteiger partial charge in [0.25, 0.3) is 15.7 Å². The first-order valence-electron chi connectivity index (χ1n) is 8.34. The molecule has 3 rings (SSSR count). The van der Waals surface area contributed by atoms with Crippen molar-refractivity contribution in [3.63, 3.8) is 0 Å². The maximum Gasteiger partial charge on any atom is 0.289 e. The molecule has 1 N–H and O–H groups in total. The van der Waals surface area contributed by atoms with E-state index in [1.807, 2.05) is 0 Å². The van der Waals surface area contributed by atoms with Gasteiger partial charge in [-0.2, -0.15) is 0 Å². The van der Waals surface area contributed by atoms with E-state index in [0.29, 0.717) is 11.4 Å². The summed E-state index contributed by atoms with van der Waals surface area (Å²) in [7, 11) is -2.63. The minimum Gasteiger partial charge on any atom is -0.490 e. The summed E-state index contributed by atoms with van der Waals surface area (Å²) >= 11 is 0. The van der Waals surface area contributed by atoms with Crippen molar-refractivity contribution in [1.82, 2.24) is 0 Å². The number of fused-ring (bicyclic) bond motifs is 1. The normalized spacial score (nSPS) is 16.0. The number of rotatable bonds is 4. The smallest absolute Gasteiger partial charge is 0.289 e. The second kappa shape index (κ2) is 6.79. The van der Waals surface area contributed by atoms with E-state index in [1.54, 1.807) is 27.0 Å². The first-order valence-corrected chi connectivity index (χ1v) is 9.82. The number of hydrogen-bond acceptors (Lipinski definition) is 6. The molecule has 0 radical (unpaired) electrons. The van der Waals surface area contributed by atoms with Gasteiger partial charge < -0.3 is 9.64 Å². The quantitative estimate of drug-likeness (QED) is 0.617. The molecule has 10 heteroatoms. The van der Waals surface area contributed by atoms with E-state index in [1.165, 1.54) is 29.2 Å². The van der Waals surface area contributed by atoms with Crippen LogP contribution < -0.4 is 14.4 Å². The van der Waals surface area contributed by atoms with Gasteiger partial charge in [-0.25, -0.2) is 8.42 Å². The van der Waals surface area contributed by atoms with Crippen LogP contribution in [0.3, 0.4) is 0 Å². The van der Waals surface area contributed by atoms with E-state index in [2.05, 4.69) is 4.72 Å². The van der Waals surface area contributed by atoms with E-state index >= 15 is 0 Å². The van der Waals surface area contributed by atoms with E-state index in [0.717, 1.165) is 12.1 Å². The maximum atomic E-state index is 12.7. The minimum absolute atomic E-state index is 0.153. The van der Waals surface area contributed by atoms with Crippen LogP contribution in [0.5, 0.6) is 5.75 Å². The number of amides is 1. The van der Waals surface area contributed by atoms with E-state index < -0.39 is 30.9 Å². The Labute approximate surface area is 162 Å². The van der Waals surface area contributed by atoms with Crippen LogP contribution in [0.1, 0.15) is 13.8 Å². The molecule has 0 aliphatic carbocycles. The first-order chi connectivity index (χ1) is 13.0. The lowest BCUT2D eigenvalue weighted by atomic mass is 9.93. The van der Waals surface area contributed by atoms with Crippen LogP contribution in [0.4, 0.5) is 17.1 Å². The lowest BCUT2D eigenvalue weighted by molar-refractivity contribution is -0.387. The summed E-state index contributed by atoms with van der Waals surface area (Å²) in [5.74, 6) is 0.264. The van der Waals surface area contributed by atoms with Crippen LogP contribution in [0.2, 0.25) is 0 Å². The van der Waals surface area contributed by atoms with Gasteiger partial charge in [0.15, 0.2) is 4.90 Å². The van der Waals surface area contributed by atoms with Crippen LogP contribution in [-0.4, -0.2) is 32.9 Å². The highest BCUT2D eigenvalue weighted by Gasteiger charge is 2.36. The summed E-state index contributed by atoms with van der Waals surface area (Å²) in [5.41, 5.74) is -0.710. The molecule has 148 valence electrons. The van der Waals surface area contributed by atoms with Gasteiger partial charge in [-0.15, -0.1) is 0 Å². The first kappa shape index (κ1) is 19.6. The fourth-order valence-corrected chi connectivity index (χ4v) is 4.12. The Balaban J connectivity index is 1.99. The molecule has 2 aromatic carbocycles. The van der Waals surface area contributed by atoms with Gasteiger partial charge >= 0.3 is 0 Å². The highest BCUT2D eigenvalue weighted by molar-refractivity contribution is 7.92. The van der Waals surface area contributed by atoms with Gasteiger partial charge in [-0.3, -0.25) is 19.6 Å². The summed E-state index contributed by atoms with van der Waals surface area (Å²) in [4.78, 5) is 23.9. The molecule has 0 spiro atoms. The van der Waals surface area contributed by atoms with Crippen molar-refractivity contribution in [2.75, 3.05) is 23.3 Å². The van der Waals surface area contributed by atoms with Crippen molar-refractivity contribution < 1.29 is 22.9 Å². The second-order valence-electron chi connectivity index (χ2n) is 7.05. The van der Waals surface area contributed by atoms with E-state index in [4.69, 9.17) is 4.74 Å². The van der Waals surface area contributed by atoms with Crippen molar-refractivity contribution >= 4 is 33.0 Å². The summed E-state index contributed by atoms with van der Waals surface area (Å²) in [6.07, 6.45) is 0. The van der Waals surface area contributed by atoms with Crippen molar-refractivity contribution in [3.05, 3.63) is 52.6 Å². The standard InChI is InChI=1S/C18H19N3O6S/c1-18(2)11-27-15-9-8-12(10-14(15)20(3)17(18)22)19-28(25,26)16-7-5-4-6-13(16)21(23)24/h4-10,19H,11H2,1-3H3. The predicted octanol–water partition coefficient (Wildman–Crippen LogP) is 2.78. The number of carbonyl (C=O) groups is 1. The molecule has 0 fully saturated rings. The second-order valence-corrected chi connectivity index (χ2v) is 8.70. The van der Waals surface area contributed by atoms with Crippen molar-refractivity contribution in [2.24, 2.45) is 5.41 Å². The third-order valence-corrected chi connectivity index (χ3v) is 5.82. The molecule has 2 aromatic rings. The number of nitro benzene ring substituents is 1. The van der Waals surface area contributed by atoms with E-state index in [9.17, 15) is 23.3 Å². The number of nitro groups is 1. The summed E-state index contributed by atoms with van der Waals surface area (Å²) in [6.45, 7) is 3.70. The molecule has 0 atom stereocenters. The topological polar surface area (TPSA) is 119 Å². The lowest BCUT2D eigenvalue weighted by Crippen LogP contribution is -2.39. The molecular formula is C18H19N3O6S. The third-order valence-electron chi connectivity index (χ3n) is 4.40. The Kier molecular flexibility index (Phi) is 4.76. The number of sulfonamides is 1. The summed E-state index contributed by atoms with van der Waals surface area (Å²) < 4.78 is 33.4. The third kappa shape index (κ3) is 3.50. The number of anilines is 2. The van der Waals surface area contributed by atoms with Crippen LogP contribution in [0, 0.1) is 15.5 Å². The zero-order valence-corrected chi connectivity index (χ0v) is 16.3. The Morgan fingerprint density at radius 2 is 1.89 bits per heavy atom. The van der Waals surface area contributed by atoms with Crippen LogP contribution >= 0.6 is 0 Å². The predicted molar refractivity (Wildman–Crippen MR) is 103 cm³/mol. The molecule has 1 heterocycles. The zero-order valence-electron chi connectivity index (χ0n) is 15.5. The Morgan fingerprint density at radius 1 is 1.21 bits per heavy atom. The van der Waals surface area contributed by atoms with Crippen molar-refractivity contribution in [2.45, 2.75) is 18.7 Å². The number of nitrogens with one attached hydrogen (secondary N) is 1. The molecule has 1 aliphatic heterocycles. The lowest BCUT2D eigenvalue weighted by Gasteiger charge is -2.24. The molecule has 0 bridgehead atoms. The highest BCUT2D eigenvalue weighted by atomic mass is 32.2. The van der Waals surface area contributed by atoms with Crippen molar-refractivity contribution in [3.8, 4) is 5.75 Å². The van der Waals surface area contributed by atoms with Gasteiger partial charge in [-0.1, -0.05) is 12.1 Å². The van der Waals surface area contributed by atoms with Gasteiger partial charge in [0.05, 0.1) is 21.7 Å². The number of ether oxygens (including phenoxy) is 1. The molecule has 0 unspecified atom stereocenters. The Morgan fingerprint density at radius 3 is 2.57 bits per heavy atom. The molecule has 9 nitrogen and oxygen atoms in total. The van der Waals surface area contributed by atoms with Crippen LogP contribution in [0.15, 0.2) is 47.4 Å². The van der Waals surface area contributed by atoms with E-state index in [-0.39, 0.29) is 18.2 Å². The number of nitrogens with zero attached hydrogens (tertiary/aromatic N) is 2. The van der Waals surface area contributed by atoms with Gasteiger partial charge in [0, 0.05) is 13.1 Å². The Bertz CT molecular complexity index is 1060. The fraction of sp³-hybridized carbons (Fsp3) is 0.278. The monoisotopic (exact) mass is 405 g/mol. The molecule has 0 aromatic heterocycles. The van der Waals surface area contributed by atoms with Crippen LogP contribution in [-0.2, 0) is 14.8 Å². The number of benzene rings is 2. The average Bonchev–Trinajstić information content (AvgIpc) is 2.72. The van der Waals surface area contributed by atoms with Crippen molar-refractivity contribution in [1.29, 1.82) is 0 Å². The Hall–Kier alpha value is -3.14.